The van der Waals surface area contributed by atoms with E-state index in [-0.39, 0.29) is 35.6 Å². The Bertz CT molecular complexity index is 1400. The van der Waals surface area contributed by atoms with E-state index in [2.05, 4.69) is 171 Å². The number of fused-ring (bicyclic) bond motifs is 3. The average Bonchev–Trinajstić information content (AvgIpc) is 3.65. The molecule has 0 aromatic heterocycles. The molecule has 0 heterocycles. The van der Waals surface area contributed by atoms with Crippen molar-refractivity contribution < 1.29 is 44.8 Å². The van der Waals surface area contributed by atoms with Crippen LogP contribution in [0.1, 0.15) is 81.3 Å². The molecule has 0 saturated carbocycles. The van der Waals surface area contributed by atoms with Gasteiger partial charge in [-0.1, -0.05) is 118 Å². The molecule has 216 valence electrons. The van der Waals surface area contributed by atoms with Gasteiger partial charge in [0.15, 0.2) is 0 Å². The van der Waals surface area contributed by atoms with E-state index in [1.54, 1.807) is 0 Å². The Morgan fingerprint density at radius 3 is 1.69 bits per heavy atom. The van der Waals surface area contributed by atoms with Gasteiger partial charge in [0.25, 0.3) is 0 Å². The third-order valence-corrected chi connectivity index (χ3v) is 7.81. The molecular weight excluding hydrogens is 587 g/mol. The molecule has 4 aromatic carbocycles. The van der Waals surface area contributed by atoms with Gasteiger partial charge in [-0.15, -0.1) is 17.5 Å². The minimum atomic E-state index is -0.0591. The maximum Gasteiger partial charge on any atom is -0.109 e. The number of hydrogen-bond acceptors (Lipinski definition) is 0. The fraction of sp³-hybridized carbons (Fsp3) is 0.256. The van der Waals surface area contributed by atoms with Crippen molar-refractivity contribution in [1.29, 1.82) is 0 Å². The van der Waals surface area contributed by atoms with E-state index in [0.717, 1.165) is 12.8 Å². The van der Waals surface area contributed by atoms with Crippen LogP contribution in [0.4, 0.5) is 0 Å². The Labute approximate surface area is 278 Å². The predicted molar refractivity (Wildman–Crippen MR) is 169 cm³/mol. The van der Waals surface area contributed by atoms with Gasteiger partial charge in [-0.3, -0.25) is 6.08 Å². The van der Waals surface area contributed by atoms with Crippen molar-refractivity contribution in [3.05, 3.63) is 155 Å². The molecule has 2 aliphatic carbocycles. The first-order valence-electron chi connectivity index (χ1n) is 14.1. The van der Waals surface area contributed by atoms with Crippen molar-refractivity contribution in [1.82, 2.24) is 0 Å². The van der Waals surface area contributed by atoms with Crippen LogP contribution >= 0.6 is 0 Å². The van der Waals surface area contributed by atoms with Crippen LogP contribution in [-0.4, -0.2) is 3.81 Å². The van der Waals surface area contributed by atoms with Crippen LogP contribution in [-0.2, 0) is 37.2 Å². The second kappa shape index (κ2) is 15.8. The van der Waals surface area contributed by atoms with Gasteiger partial charge in [0, 0.05) is 5.41 Å². The molecule has 0 saturated heterocycles. The van der Waals surface area contributed by atoms with Crippen molar-refractivity contribution >= 4 is 3.81 Å². The van der Waals surface area contributed by atoms with Crippen molar-refractivity contribution in [2.75, 3.05) is 0 Å². The van der Waals surface area contributed by atoms with Crippen LogP contribution in [0.5, 0.6) is 0 Å². The van der Waals surface area contributed by atoms with Crippen LogP contribution in [0.3, 0.4) is 0 Å². The molecule has 0 fully saturated rings. The van der Waals surface area contributed by atoms with E-state index < -0.39 is 0 Å². The molecule has 6 rings (SSSR count). The van der Waals surface area contributed by atoms with Gasteiger partial charge in [0.05, 0.1) is 0 Å². The summed E-state index contributed by atoms with van der Waals surface area (Å²) in [4.78, 5) is 0. The summed E-state index contributed by atoms with van der Waals surface area (Å²) in [7, 11) is 0. The predicted octanol–water partition coefficient (Wildman–Crippen LogP) is 3.77. The second-order valence-electron chi connectivity index (χ2n) is 11.8. The third kappa shape index (κ3) is 8.55. The quantitative estimate of drug-likeness (QED) is 0.211. The standard InChI is InChI=1S/C31H29.C5H5.C3H6.2ClH.Ti/c1-30(2,24-11-7-5-8-12-24)26-17-15-22-19-23-16-18-27(21-29(23)28(22)20-26)31(3,4)25-13-9-6-10-14-25;1-2-4-5-3-1;1-3-2;;;/h5-15,17-18,20-21H,19H2,1-4H3;1-3H,4H2;1-2H3;2*1H;/q2*-1;;;;+2/p-2. The van der Waals surface area contributed by atoms with Crippen LogP contribution in [0.15, 0.2) is 109 Å². The second-order valence-corrected chi connectivity index (χ2v) is 13.4. The number of allylic oxidation sites excluding steroid dienone is 4. The van der Waals surface area contributed by atoms with Crippen LogP contribution in [0.25, 0.3) is 11.1 Å². The molecule has 0 N–H and O–H groups in total. The molecule has 0 nitrogen and oxygen atoms in total. The molecule has 0 unspecified atom stereocenters. The molecule has 0 amide bonds. The zero-order valence-corrected chi connectivity index (χ0v) is 28.6. The average molecular weight is 628 g/mol. The van der Waals surface area contributed by atoms with E-state index in [9.17, 15) is 0 Å². The number of halogens is 2. The van der Waals surface area contributed by atoms with Gasteiger partial charge in [-0.25, -0.2) is 12.2 Å². The Hall–Kier alpha value is -2.48. The van der Waals surface area contributed by atoms with Crippen molar-refractivity contribution in [3.8, 4) is 11.1 Å². The van der Waals surface area contributed by atoms with Crippen LogP contribution in [0.2, 0.25) is 0 Å². The molecule has 0 spiro atoms. The Morgan fingerprint density at radius 1 is 0.690 bits per heavy atom. The third-order valence-electron chi connectivity index (χ3n) is 7.81. The molecule has 0 atom stereocenters. The minimum absolute atomic E-state index is 0. The molecule has 2 aliphatic rings. The van der Waals surface area contributed by atoms with Gasteiger partial charge < -0.3 is 24.8 Å². The first kappa shape index (κ1) is 35.7. The fourth-order valence-electron chi connectivity index (χ4n) is 5.22. The summed E-state index contributed by atoms with van der Waals surface area (Å²) in [5.41, 5.74) is 10.7. The van der Waals surface area contributed by atoms with Gasteiger partial charge >= 0.3 is 37.6 Å². The molecule has 4 aromatic rings. The zero-order chi connectivity index (χ0) is 28.8. The van der Waals surface area contributed by atoms with E-state index in [1.807, 2.05) is 12.2 Å². The van der Waals surface area contributed by atoms with E-state index in [4.69, 9.17) is 0 Å². The van der Waals surface area contributed by atoms with Crippen molar-refractivity contribution in [2.45, 2.75) is 65.2 Å². The first-order chi connectivity index (χ1) is 19.1. The van der Waals surface area contributed by atoms with E-state index >= 15 is 0 Å². The zero-order valence-electron chi connectivity index (χ0n) is 25.6. The van der Waals surface area contributed by atoms with Gasteiger partial charge in [-0.2, -0.15) is 29.8 Å². The Balaban J connectivity index is 0.000000487. The Morgan fingerprint density at radius 2 is 1.21 bits per heavy atom. The van der Waals surface area contributed by atoms with Crippen LogP contribution in [0, 0.1) is 12.1 Å². The van der Waals surface area contributed by atoms with Crippen LogP contribution < -0.4 is 24.8 Å². The Kier molecular flexibility index (Phi) is 13.5. The number of rotatable bonds is 4. The van der Waals surface area contributed by atoms with E-state index in [1.165, 1.54) is 48.3 Å². The minimum Gasteiger partial charge on any atom is -1.00 e. The summed E-state index contributed by atoms with van der Waals surface area (Å²) in [5.74, 6) is 0. The monoisotopic (exact) mass is 626 g/mol. The summed E-state index contributed by atoms with van der Waals surface area (Å²) >= 11 is 2.08. The normalized spacial score (nSPS) is 12.4. The molecule has 0 bridgehead atoms. The van der Waals surface area contributed by atoms with Gasteiger partial charge in [0.1, 0.15) is 0 Å². The van der Waals surface area contributed by atoms with Crippen molar-refractivity contribution in [3.63, 3.8) is 0 Å². The fourth-order valence-corrected chi connectivity index (χ4v) is 5.22. The number of hydrogen-bond donors (Lipinski definition) is 0. The maximum atomic E-state index is 3.63. The van der Waals surface area contributed by atoms with E-state index in [0.29, 0.717) is 0 Å². The molecule has 0 aliphatic heterocycles. The smallest absolute Gasteiger partial charge is 0.109 e. The molecular formula is C39H40Cl2Ti-2. The summed E-state index contributed by atoms with van der Waals surface area (Å²) in [6.07, 6.45) is 11.0. The molecule has 3 heteroatoms. The molecule has 0 radical (unpaired) electrons. The van der Waals surface area contributed by atoms with Gasteiger partial charge in [-0.05, 0) is 28.5 Å². The SMILES string of the molecule is CC(C)(c1ccccc1)c1c[c-]c2c(c1)-c1cc(C(C)(C)c3ccccc3)ccc1C2.C[C](C)=[Ti+2].[C-]1=CC=CC1.[Cl-].[Cl-]. The summed E-state index contributed by atoms with van der Waals surface area (Å²) in [6.45, 7) is 13.4. The summed E-state index contributed by atoms with van der Waals surface area (Å²) in [6, 6.07) is 36.9. The maximum absolute atomic E-state index is 3.63. The summed E-state index contributed by atoms with van der Waals surface area (Å²) < 4.78 is 1.42. The number of benzene rings is 4. The van der Waals surface area contributed by atoms with Gasteiger partial charge in [0.2, 0.25) is 0 Å². The first-order valence-corrected chi connectivity index (χ1v) is 14.9. The van der Waals surface area contributed by atoms with Crippen molar-refractivity contribution in [2.24, 2.45) is 0 Å². The topological polar surface area (TPSA) is 0 Å². The summed E-state index contributed by atoms with van der Waals surface area (Å²) in [5, 5.41) is 0. The molecule has 42 heavy (non-hydrogen) atoms. The largest absolute Gasteiger partial charge is 1.00 e.